The van der Waals surface area contributed by atoms with Gasteiger partial charge in [0.15, 0.2) is 0 Å². The number of imide groups is 1. The van der Waals surface area contributed by atoms with Gasteiger partial charge in [0.05, 0.1) is 17.0 Å². The van der Waals surface area contributed by atoms with Crippen molar-refractivity contribution < 1.29 is 19.2 Å². The molecule has 4 amide bonds. The van der Waals surface area contributed by atoms with Crippen LogP contribution in [0.2, 0.25) is 0 Å². The number of likely N-dealkylation sites (tertiary alicyclic amines) is 1. The first-order chi connectivity index (χ1) is 12.5. The van der Waals surface area contributed by atoms with E-state index in [9.17, 15) is 19.2 Å². The van der Waals surface area contributed by atoms with Gasteiger partial charge >= 0.3 is 0 Å². The molecule has 1 unspecified atom stereocenters. The molecule has 0 radical (unpaired) electrons. The van der Waals surface area contributed by atoms with Gasteiger partial charge in [-0.3, -0.25) is 24.1 Å². The SMILES string of the molecule is Cl.NCCNC(=O)C1CCCN(C(=O)CN2C(=O)c3ccccc3C2=O)C1. The number of halogens is 1. The van der Waals surface area contributed by atoms with Gasteiger partial charge in [-0.1, -0.05) is 12.1 Å². The molecular weight excluding hydrogens is 372 g/mol. The van der Waals surface area contributed by atoms with E-state index in [0.29, 0.717) is 50.1 Å². The fourth-order valence-corrected chi connectivity index (χ4v) is 3.38. The van der Waals surface area contributed by atoms with Gasteiger partial charge in [0.1, 0.15) is 6.54 Å². The van der Waals surface area contributed by atoms with E-state index < -0.39 is 11.8 Å². The Morgan fingerprint density at radius 3 is 2.37 bits per heavy atom. The standard InChI is InChI=1S/C18H22N4O4.ClH/c19-7-8-20-16(24)12-4-3-9-21(10-12)15(23)11-22-17(25)13-5-1-2-6-14(13)18(22)26;/h1-2,5-6,12H,3-4,7-11,19H2,(H,20,24);1H. The van der Waals surface area contributed by atoms with Crippen molar-refractivity contribution >= 4 is 36.0 Å². The summed E-state index contributed by atoms with van der Waals surface area (Å²) in [5.41, 5.74) is 6.03. The number of hydrogen-bond donors (Lipinski definition) is 2. The summed E-state index contributed by atoms with van der Waals surface area (Å²) in [6, 6.07) is 6.53. The van der Waals surface area contributed by atoms with Crippen LogP contribution in [0.25, 0.3) is 0 Å². The fourth-order valence-electron chi connectivity index (χ4n) is 3.38. The van der Waals surface area contributed by atoms with Crippen LogP contribution in [-0.2, 0) is 9.59 Å². The van der Waals surface area contributed by atoms with E-state index in [-0.39, 0.29) is 36.7 Å². The lowest BCUT2D eigenvalue weighted by atomic mass is 9.97. The number of fused-ring (bicyclic) bond motifs is 1. The Bertz CT molecular complexity index is 720. The average molecular weight is 395 g/mol. The van der Waals surface area contributed by atoms with Crippen LogP contribution in [0.4, 0.5) is 0 Å². The van der Waals surface area contributed by atoms with Crippen LogP contribution in [0.15, 0.2) is 24.3 Å². The summed E-state index contributed by atoms with van der Waals surface area (Å²) in [5.74, 6) is -1.63. The summed E-state index contributed by atoms with van der Waals surface area (Å²) in [5, 5.41) is 2.74. The van der Waals surface area contributed by atoms with E-state index in [1.54, 1.807) is 29.2 Å². The molecule has 146 valence electrons. The van der Waals surface area contributed by atoms with Crippen molar-refractivity contribution in [3.8, 4) is 0 Å². The maximum Gasteiger partial charge on any atom is 0.262 e. The molecular formula is C18H23ClN4O4. The van der Waals surface area contributed by atoms with Crippen LogP contribution in [-0.4, -0.2) is 66.2 Å². The zero-order valence-electron chi connectivity index (χ0n) is 14.8. The number of nitrogens with one attached hydrogen (secondary N) is 1. The average Bonchev–Trinajstić information content (AvgIpc) is 2.91. The lowest BCUT2D eigenvalue weighted by molar-refractivity contribution is -0.136. The molecule has 1 fully saturated rings. The lowest BCUT2D eigenvalue weighted by Gasteiger charge is -2.32. The van der Waals surface area contributed by atoms with Crippen LogP contribution < -0.4 is 11.1 Å². The quantitative estimate of drug-likeness (QED) is 0.683. The van der Waals surface area contributed by atoms with Crippen LogP contribution >= 0.6 is 12.4 Å². The molecule has 2 aliphatic heterocycles. The minimum Gasteiger partial charge on any atom is -0.355 e. The second-order valence-corrected chi connectivity index (χ2v) is 6.50. The molecule has 1 saturated heterocycles. The molecule has 3 rings (SSSR count). The van der Waals surface area contributed by atoms with Crippen LogP contribution in [0, 0.1) is 5.92 Å². The largest absolute Gasteiger partial charge is 0.355 e. The molecule has 2 heterocycles. The third kappa shape index (κ3) is 4.28. The highest BCUT2D eigenvalue weighted by molar-refractivity contribution is 6.22. The van der Waals surface area contributed by atoms with Crippen LogP contribution in [0.3, 0.4) is 0 Å². The summed E-state index contributed by atoms with van der Waals surface area (Å²) in [4.78, 5) is 52.0. The fraction of sp³-hybridized carbons (Fsp3) is 0.444. The molecule has 0 aliphatic carbocycles. The second kappa shape index (κ2) is 8.96. The molecule has 0 saturated carbocycles. The minimum atomic E-state index is -0.451. The van der Waals surface area contributed by atoms with E-state index in [1.165, 1.54) is 0 Å². The number of rotatable bonds is 5. The van der Waals surface area contributed by atoms with Gasteiger partial charge in [0.2, 0.25) is 11.8 Å². The monoisotopic (exact) mass is 394 g/mol. The third-order valence-electron chi connectivity index (χ3n) is 4.76. The van der Waals surface area contributed by atoms with Crippen LogP contribution in [0.1, 0.15) is 33.6 Å². The number of nitrogens with two attached hydrogens (primary N) is 1. The molecule has 9 heteroatoms. The van der Waals surface area contributed by atoms with Crippen molar-refractivity contribution in [3.63, 3.8) is 0 Å². The number of hydrogen-bond acceptors (Lipinski definition) is 5. The Morgan fingerprint density at radius 2 is 1.78 bits per heavy atom. The van der Waals surface area contributed by atoms with Crippen molar-refractivity contribution in [1.29, 1.82) is 0 Å². The topological polar surface area (TPSA) is 113 Å². The molecule has 1 aromatic carbocycles. The molecule has 1 aromatic rings. The molecule has 2 aliphatic rings. The normalized spacial score (nSPS) is 18.8. The molecule has 8 nitrogen and oxygen atoms in total. The lowest BCUT2D eigenvalue weighted by Crippen LogP contribution is -2.49. The Kier molecular flexibility index (Phi) is 6.92. The summed E-state index contributed by atoms with van der Waals surface area (Å²) in [6.45, 7) is 1.27. The van der Waals surface area contributed by atoms with Crippen molar-refractivity contribution in [2.24, 2.45) is 11.7 Å². The van der Waals surface area contributed by atoms with Crippen LogP contribution in [0.5, 0.6) is 0 Å². The van der Waals surface area contributed by atoms with Gasteiger partial charge in [0.25, 0.3) is 11.8 Å². The Hall–Kier alpha value is -2.45. The minimum absolute atomic E-state index is 0. The number of amides is 4. The van der Waals surface area contributed by atoms with Crippen molar-refractivity contribution in [3.05, 3.63) is 35.4 Å². The highest BCUT2D eigenvalue weighted by Gasteiger charge is 2.38. The van der Waals surface area contributed by atoms with Crippen molar-refractivity contribution in [1.82, 2.24) is 15.1 Å². The van der Waals surface area contributed by atoms with E-state index in [4.69, 9.17) is 5.73 Å². The zero-order chi connectivity index (χ0) is 18.7. The number of nitrogens with zero attached hydrogens (tertiary/aromatic N) is 2. The van der Waals surface area contributed by atoms with E-state index in [0.717, 1.165) is 4.90 Å². The number of carbonyl (C=O) groups excluding carboxylic acids is 4. The third-order valence-corrected chi connectivity index (χ3v) is 4.76. The molecule has 27 heavy (non-hydrogen) atoms. The first-order valence-electron chi connectivity index (χ1n) is 8.73. The maximum absolute atomic E-state index is 12.6. The van der Waals surface area contributed by atoms with Gasteiger partial charge in [-0.05, 0) is 25.0 Å². The second-order valence-electron chi connectivity index (χ2n) is 6.50. The Labute approximate surface area is 163 Å². The highest BCUT2D eigenvalue weighted by Crippen LogP contribution is 2.23. The number of carbonyl (C=O) groups is 4. The predicted octanol–water partition coefficient (Wildman–Crippen LogP) is 0.0179. The first-order valence-corrected chi connectivity index (χ1v) is 8.73. The highest BCUT2D eigenvalue weighted by atomic mass is 35.5. The summed E-state index contributed by atoms with van der Waals surface area (Å²) in [7, 11) is 0. The maximum atomic E-state index is 12.6. The number of piperidine rings is 1. The summed E-state index contributed by atoms with van der Waals surface area (Å²) < 4.78 is 0. The molecule has 0 aromatic heterocycles. The molecule has 0 bridgehead atoms. The van der Waals surface area contributed by atoms with Crippen molar-refractivity contribution in [2.45, 2.75) is 12.8 Å². The van der Waals surface area contributed by atoms with E-state index in [1.807, 2.05) is 0 Å². The predicted molar refractivity (Wildman–Crippen MR) is 100 cm³/mol. The zero-order valence-corrected chi connectivity index (χ0v) is 15.7. The Morgan fingerprint density at radius 1 is 1.15 bits per heavy atom. The summed E-state index contributed by atoms with van der Waals surface area (Å²) >= 11 is 0. The summed E-state index contributed by atoms with van der Waals surface area (Å²) in [6.07, 6.45) is 1.40. The smallest absolute Gasteiger partial charge is 0.262 e. The van der Waals surface area contributed by atoms with Gasteiger partial charge < -0.3 is 16.0 Å². The van der Waals surface area contributed by atoms with Gasteiger partial charge in [0, 0.05) is 26.2 Å². The molecule has 0 spiro atoms. The molecule has 1 atom stereocenters. The first kappa shape index (κ1) is 20.9. The van der Waals surface area contributed by atoms with Gasteiger partial charge in [-0.25, -0.2) is 0 Å². The van der Waals surface area contributed by atoms with E-state index in [2.05, 4.69) is 5.32 Å². The van der Waals surface area contributed by atoms with E-state index >= 15 is 0 Å². The van der Waals surface area contributed by atoms with Gasteiger partial charge in [-0.15, -0.1) is 12.4 Å². The Balaban J connectivity index is 0.00000261. The van der Waals surface area contributed by atoms with Gasteiger partial charge in [-0.2, -0.15) is 0 Å². The molecule has 3 N–H and O–H groups in total. The van der Waals surface area contributed by atoms with Crippen molar-refractivity contribution in [2.75, 3.05) is 32.7 Å². The number of benzene rings is 1.